The Kier molecular flexibility index (Phi) is 6.10. The van der Waals surface area contributed by atoms with Crippen molar-refractivity contribution in [2.45, 2.75) is 51.1 Å². The van der Waals surface area contributed by atoms with Crippen LogP contribution in [0.15, 0.2) is 64.0 Å². The van der Waals surface area contributed by atoms with Crippen molar-refractivity contribution in [3.63, 3.8) is 0 Å². The molecule has 37 heavy (non-hydrogen) atoms. The number of hydrogen-bond donors (Lipinski definition) is 2. The van der Waals surface area contributed by atoms with E-state index in [9.17, 15) is 14.4 Å². The lowest BCUT2D eigenvalue weighted by molar-refractivity contribution is -0.126. The van der Waals surface area contributed by atoms with Gasteiger partial charge in [0.05, 0.1) is 12.2 Å². The number of anilines is 2. The van der Waals surface area contributed by atoms with Gasteiger partial charge in [-0.3, -0.25) is 14.4 Å². The fourth-order valence-corrected chi connectivity index (χ4v) is 6.66. The summed E-state index contributed by atoms with van der Waals surface area (Å²) in [7, 11) is 0. The van der Waals surface area contributed by atoms with Crippen LogP contribution in [-0.2, 0) is 29.0 Å². The molecule has 0 spiro atoms. The number of fused-ring (bicyclic) bond motifs is 8. The fourth-order valence-electron chi connectivity index (χ4n) is 6.66. The summed E-state index contributed by atoms with van der Waals surface area (Å²) in [6.07, 6.45) is 4.81. The second-order valence-electron chi connectivity index (χ2n) is 10.6. The number of carbonyl (C=O) groups excluding carboxylic acids is 2. The summed E-state index contributed by atoms with van der Waals surface area (Å²) in [4.78, 5) is 40.5. The quantitative estimate of drug-likeness (QED) is 0.507. The molecule has 1 aromatic carbocycles. The molecule has 2 amide bonds. The monoisotopic (exact) mass is 500 g/mol. The maximum Gasteiger partial charge on any atom is 0.250 e. The Hall–Kier alpha value is -3.81. The van der Waals surface area contributed by atoms with Gasteiger partial charge in [0.1, 0.15) is 5.76 Å². The normalized spacial score (nSPS) is 23.4. The average molecular weight is 501 g/mol. The maximum atomic E-state index is 13.7. The van der Waals surface area contributed by atoms with Crippen LogP contribution in [0.2, 0.25) is 0 Å². The molecular formula is C29H32N4O4. The summed E-state index contributed by atoms with van der Waals surface area (Å²) in [5.74, 6) is 1.01. The number of rotatable bonds is 6. The van der Waals surface area contributed by atoms with Gasteiger partial charge in [-0.05, 0) is 67.1 Å². The molecule has 8 nitrogen and oxygen atoms in total. The molecule has 2 N–H and O–H groups in total. The number of hydrogen-bond acceptors (Lipinski definition) is 5. The Bertz CT molecular complexity index is 1380. The zero-order valence-corrected chi connectivity index (χ0v) is 21.0. The predicted octanol–water partition coefficient (Wildman–Crippen LogP) is 3.31. The lowest BCUT2D eigenvalue weighted by atomic mass is 9.69. The van der Waals surface area contributed by atoms with Crippen LogP contribution in [0.3, 0.4) is 0 Å². The number of aryl methyl sites for hydroxylation is 1. The summed E-state index contributed by atoms with van der Waals surface area (Å²) in [5, 5.41) is 6.07. The standard InChI is InChI=1S/C29H32N4O4/c1-18(34)31-21-9-10-25-20(14-21)15-24(29(36)30-11-3-5-22-6-4-12-37-22)28-23-13-19(17-33(25)28)16-32-26(23)7-2-8-27(32)35/h2,4,6-10,12,14,19,23-24,28H,3,5,11,13,15-17H2,1H3,(H,30,36)(H,31,34). The van der Waals surface area contributed by atoms with Crippen molar-refractivity contribution in [1.29, 1.82) is 0 Å². The van der Waals surface area contributed by atoms with Gasteiger partial charge in [-0.2, -0.15) is 0 Å². The molecule has 4 atom stereocenters. The van der Waals surface area contributed by atoms with Crippen LogP contribution in [-0.4, -0.2) is 35.5 Å². The van der Waals surface area contributed by atoms with Crippen LogP contribution in [0.5, 0.6) is 0 Å². The van der Waals surface area contributed by atoms with E-state index >= 15 is 0 Å². The lowest BCUT2D eigenvalue weighted by Crippen LogP contribution is -2.60. The molecule has 3 aromatic rings. The third-order valence-corrected chi connectivity index (χ3v) is 8.10. The Morgan fingerprint density at radius 3 is 2.81 bits per heavy atom. The number of carbonyl (C=O) groups is 2. The third-order valence-electron chi connectivity index (χ3n) is 8.10. The van der Waals surface area contributed by atoms with Crippen LogP contribution in [0.1, 0.15) is 42.7 Å². The van der Waals surface area contributed by atoms with E-state index in [4.69, 9.17) is 4.42 Å². The summed E-state index contributed by atoms with van der Waals surface area (Å²) >= 11 is 0. The Morgan fingerprint density at radius 1 is 1.11 bits per heavy atom. The van der Waals surface area contributed by atoms with Crippen molar-refractivity contribution in [1.82, 2.24) is 9.88 Å². The van der Waals surface area contributed by atoms with Crippen LogP contribution < -0.4 is 21.1 Å². The van der Waals surface area contributed by atoms with E-state index in [0.29, 0.717) is 25.4 Å². The summed E-state index contributed by atoms with van der Waals surface area (Å²) in [6, 6.07) is 15.3. The van der Waals surface area contributed by atoms with E-state index in [0.717, 1.165) is 54.2 Å². The molecule has 0 aliphatic carbocycles. The van der Waals surface area contributed by atoms with Gasteiger partial charge in [-0.1, -0.05) is 6.07 Å². The van der Waals surface area contributed by atoms with E-state index in [2.05, 4.69) is 27.7 Å². The van der Waals surface area contributed by atoms with Crippen molar-refractivity contribution < 1.29 is 14.0 Å². The smallest absolute Gasteiger partial charge is 0.250 e. The number of nitrogens with zero attached hydrogens (tertiary/aromatic N) is 2. The zero-order chi connectivity index (χ0) is 25.5. The fraction of sp³-hybridized carbons (Fsp3) is 0.414. The Balaban J connectivity index is 1.32. The van der Waals surface area contributed by atoms with Gasteiger partial charge >= 0.3 is 0 Å². The van der Waals surface area contributed by atoms with E-state index in [1.165, 1.54) is 6.92 Å². The molecule has 3 aliphatic heterocycles. The van der Waals surface area contributed by atoms with Gasteiger partial charge < -0.3 is 24.5 Å². The van der Waals surface area contributed by atoms with Crippen molar-refractivity contribution in [2.24, 2.45) is 11.8 Å². The number of amides is 2. The number of benzene rings is 1. The summed E-state index contributed by atoms with van der Waals surface area (Å²) in [6.45, 7) is 3.58. The number of nitrogens with one attached hydrogen (secondary N) is 2. The first-order valence-corrected chi connectivity index (χ1v) is 13.1. The largest absolute Gasteiger partial charge is 0.469 e. The minimum Gasteiger partial charge on any atom is -0.469 e. The van der Waals surface area contributed by atoms with Gasteiger partial charge in [0.2, 0.25) is 11.8 Å². The first kappa shape index (κ1) is 23.6. The van der Waals surface area contributed by atoms with Gasteiger partial charge in [-0.15, -0.1) is 0 Å². The number of pyridine rings is 1. The maximum absolute atomic E-state index is 13.7. The van der Waals surface area contributed by atoms with E-state index in [1.807, 2.05) is 34.9 Å². The molecule has 1 fully saturated rings. The van der Waals surface area contributed by atoms with Crippen LogP contribution in [0.25, 0.3) is 0 Å². The molecule has 1 saturated heterocycles. The molecule has 3 aliphatic rings. The van der Waals surface area contributed by atoms with E-state index < -0.39 is 0 Å². The number of aromatic nitrogens is 1. The first-order valence-electron chi connectivity index (χ1n) is 13.1. The van der Waals surface area contributed by atoms with Crippen molar-refractivity contribution in [3.8, 4) is 0 Å². The molecule has 0 radical (unpaired) electrons. The lowest BCUT2D eigenvalue weighted by Gasteiger charge is -2.54. The number of piperidine rings is 1. The van der Waals surface area contributed by atoms with Crippen LogP contribution in [0, 0.1) is 11.8 Å². The van der Waals surface area contributed by atoms with Crippen molar-refractivity contribution >= 4 is 23.2 Å². The second-order valence-corrected chi connectivity index (χ2v) is 10.6. The Morgan fingerprint density at radius 2 is 2.00 bits per heavy atom. The molecule has 192 valence electrons. The van der Waals surface area contributed by atoms with Crippen molar-refractivity contribution in [2.75, 3.05) is 23.3 Å². The van der Waals surface area contributed by atoms with E-state index in [1.54, 1.807) is 12.3 Å². The van der Waals surface area contributed by atoms with Crippen molar-refractivity contribution in [3.05, 3.63) is 82.2 Å². The van der Waals surface area contributed by atoms with Gasteiger partial charge in [0.15, 0.2) is 0 Å². The molecule has 6 rings (SSSR count). The highest BCUT2D eigenvalue weighted by Gasteiger charge is 2.49. The Labute approximate surface area is 215 Å². The number of furan rings is 1. The highest BCUT2D eigenvalue weighted by Crippen LogP contribution is 2.48. The minimum absolute atomic E-state index is 0.0335. The summed E-state index contributed by atoms with van der Waals surface area (Å²) in [5.41, 5.74) is 4.02. The van der Waals surface area contributed by atoms with Crippen LogP contribution >= 0.6 is 0 Å². The van der Waals surface area contributed by atoms with E-state index in [-0.39, 0.29) is 35.3 Å². The molecule has 5 heterocycles. The zero-order valence-electron chi connectivity index (χ0n) is 21.0. The summed E-state index contributed by atoms with van der Waals surface area (Å²) < 4.78 is 7.34. The molecule has 2 bridgehead atoms. The molecule has 2 aromatic heterocycles. The highest BCUT2D eigenvalue weighted by atomic mass is 16.3. The average Bonchev–Trinajstić information content (AvgIpc) is 3.40. The topological polar surface area (TPSA) is 96.6 Å². The van der Waals surface area contributed by atoms with Gasteiger partial charge in [0.25, 0.3) is 5.56 Å². The molecular weight excluding hydrogens is 468 g/mol. The molecule has 8 heteroatoms. The van der Waals surface area contributed by atoms with Crippen LogP contribution in [0.4, 0.5) is 11.4 Å². The van der Waals surface area contributed by atoms with Gasteiger partial charge in [-0.25, -0.2) is 0 Å². The minimum atomic E-state index is -0.267. The van der Waals surface area contributed by atoms with Gasteiger partial charge in [0, 0.05) is 68.1 Å². The second kappa shape index (κ2) is 9.57. The molecule has 4 unspecified atom stereocenters. The molecule has 0 saturated carbocycles. The third kappa shape index (κ3) is 4.45. The SMILES string of the molecule is CC(=O)Nc1ccc2c(c1)CC(C(=O)NCCCc1ccco1)C1C3CC(CN21)Cn1c3cccc1=O. The highest BCUT2D eigenvalue weighted by molar-refractivity contribution is 5.89. The first-order chi connectivity index (χ1) is 18.0. The predicted molar refractivity (Wildman–Crippen MR) is 141 cm³/mol.